The van der Waals surface area contributed by atoms with Crippen LogP contribution in [0.25, 0.3) is 0 Å². The fourth-order valence-electron chi connectivity index (χ4n) is 1.81. The van der Waals surface area contributed by atoms with Crippen molar-refractivity contribution in [3.05, 3.63) is 0 Å². The first kappa shape index (κ1) is 19.3. The van der Waals surface area contributed by atoms with E-state index in [-0.39, 0.29) is 6.42 Å². The molecule has 1 aliphatic heterocycles. The zero-order valence-corrected chi connectivity index (χ0v) is 11.0. The van der Waals surface area contributed by atoms with Crippen LogP contribution in [0.5, 0.6) is 0 Å². The van der Waals surface area contributed by atoms with Gasteiger partial charge in [-0.25, -0.2) is 0 Å². The van der Waals surface area contributed by atoms with Crippen LogP contribution in [0, 0.1) is 0 Å². The SMILES string of the molecule is FC(F)(F)C(F)(F)C(F)(F)C(F)(F)OCCC1CCCCO1. The van der Waals surface area contributed by atoms with Gasteiger partial charge >= 0.3 is 24.1 Å². The van der Waals surface area contributed by atoms with Gasteiger partial charge in [-0.1, -0.05) is 0 Å². The predicted octanol–water partition coefficient (Wildman–Crippen LogP) is 4.39. The normalized spacial score (nSPS) is 22.0. The molecule has 0 spiro atoms. The first-order valence-electron chi connectivity index (χ1n) is 6.28. The quantitative estimate of drug-likeness (QED) is 0.663. The molecule has 0 aromatic heterocycles. The van der Waals surface area contributed by atoms with Gasteiger partial charge in [0.15, 0.2) is 0 Å². The van der Waals surface area contributed by atoms with E-state index >= 15 is 0 Å². The van der Waals surface area contributed by atoms with Crippen molar-refractivity contribution in [1.82, 2.24) is 0 Å². The lowest BCUT2D eigenvalue weighted by Gasteiger charge is -2.33. The lowest BCUT2D eigenvalue weighted by atomic mass is 10.1. The average Bonchev–Trinajstić information content (AvgIpc) is 2.38. The van der Waals surface area contributed by atoms with E-state index < -0.39 is 36.8 Å². The highest BCUT2D eigenvalue weighted by atomic mass is 19.4. The van der Waals surface area contributed by atoms with Gasteiger partial charge in [-0.2, -0.15) is 39.5 Å². The molecule has 0 N–H and O–H groups in total. The number of ether oxygens (including phenoxy) is 2. The van der Waals surface area contributed by atoms with Crippen LogP contribution in [-0.4, -0.2) is 43.4 Å². The molecule has 0 radical (unpaired) electrons. The minimum absolute atomic E-state index is 0.316. The van der Waals surface area contributed by atoms with Gasteiger partial charge in [0.05, 0.1) is 12.7 Å². The Balaban J connectivity index is 2.66. The topological polar surface area (TPSA) is 18.5 Å². The summed E-state index contributed by atoms with van der Waals surface area (Å²) in [6.45, 7) is -0.815. The summed E-state index contributed by atoms with van der Waals surface area (Å²) >= 11 is 0. The third-order valence-corrected chi connectivity index (χ3v) is 3.11. The molecule has 1 unspecified atom stereocenters. The van der Waals surface area contributed by atoms with E-state index in [1.807, 2.05) is 0 Å². The molecule has 132 valence electrons. The van der Waals surface area contributed by atoms with Gasteiger partial charge in [-0.15, -0.1) is 0 Å². The molecule has 0 aromatic rings. The van der Waals surface area contributed by atoms with Crippen molar-refractivity contribution in [2.45, 2.75) is 55.9 Å². The van der Waals surface area contributed by atoms with Crippen LogP contribution in [0.2, 0.25) is 0 Å². The molecule has 1 rings (SSSR count). The fourth-order valence-corrected chi connectivity index (χ4v) is 1.81. The van der Waals surface area contributed by atoms with E-state index in [1.165, 1.54) is 0 Å². The molecule has 0 aliphatic carbocycles. The van der Waals surface area contributed by atoms with Crippen molar-refractivity contribution in [3.8, 4) is 0 Å². The predicted molar refractivity (Wildman–Crippen MR) is 55.1 cm³/mol. The smallest absolute Gasteiger partial charge is 0.378 e. The van der Waals surface area contributed by atoms with E-state index in [0.717, 1.165) is 6.42 Å². The van der Waals surface area contributed by atoms with Crippen molar-refractivity contribution in [2.75, 3.05) is 13.2 Å². The monoisotopic (exact) mass is 348 g/mol. The molecule has 0 saturated carbocycles. The fraction of sp³-hybridized carbons (Fsp3) is 1.00. The Kier molecular flexibility index (Phi) is 5.64. The van der Waals surface area contributed by atoms with Gasteiger partial charge in [0, 0.05) is 6.61 Å². The van der Waals surface area contributed by atoms with Crippen molar-refractivity contribution in [3.63, 3.8) is 0 Å². The average molecular weight is 348 g/mol. The molecular weight excluding hydrogens is 335 g/mol. The highest BCUT2D eigenvalue weighted by Gasteiger charge is 2.82. The standard InChI is InChI=1S/C11H13F9O2/c12-8(13,10(16,17)18)9(14,15)11(19,20)22-6-4-7-3-1-2-5-21-7/h7H,1-6H2. The second-order valence-corrected chi connectivity index (χ2v) is 4.79. The van der Waals surface area contributed by atoms with Crippen molar-refractivity contribution in [2.24, 2.45) is 0 Å². The van der Waals surface area contributed by atoms with Gasteiger partial charge in [0.25, 0.3) is 0 Å². The number of hydrogen-bond acceptors (Lipinski definition) is 2. The first-order valence-corrected chi connectivity index (χ1v) is 6.28. The lowest BCUT2D eigenvalue weighted by Crippen LogP contribution is -2.61. The number of rotatable bonds is 6. The maximum Gasteiger partial charge on any atom is 0.460 e. The van der Waals surface area contributed by atoms with E-state index in [2.05, 4.69) is 4.74 Å². The third-order valence-electron chi connectivity index (χ3n) is 3.11. The van der Waals surface area contributed by atoms with Crippen LogP contribution < -0.4 is 0 Å². The second kappa shape index (κ2) is 6.42. The third kappa shape index (κ3) is 3.79. The Bertz CT molecular complexity index is 361. The zero-order chi connectivity index (χ0) is 17.2. The Hall–Kier alpha value is -0.710. The van der Waals surface area contributed by atoms with Crippen LogP contribution in [-0.2, 0) is 9.47 Å². The first-order chi connectivity index (χ1) is 9.83. The Morgan fingerprint density at radius 1 is 0.864 bits per heavy atom. The summed E-state index contributed by atoms with van der Waals surface area (Å²) in [5, 5.41) is 0. The molecule has 1 atom stereocenters. The highest BCUT2D eigenvalue weighted by molar-refractivity contribution is 4.96. The maximum atomic E-state index is 13.0. The number of alkyl halides is 9. The maximum absolute atomic E-state index is 13.0. The molecule has 0 amide bonds. The van der Waals surface area contributed by atoms with Crippen molar-refractivity contribution in [1.29, 1.82) is 0 Å². The molecule has 1 fully saturated rings. The summed E-state index contributed by atoms with van der Waals surface area (Å²) in [5.41, 5.74) is 0. The molecule has 0 aromatic carbocycles. The second-order valence-electron chi connectivity index (χ2n) is 4.79. The van der Waals surface area contributed by atoms with Crippen LogP contribution in [0.3, 0.4) is 0 Å². The van der Waals surface area contributed by atoms with E-state index in [9.17, 15) is 39.5 Å². The van der Waals surface area contributed by atoms with Crippen molar-refractivity contribution < 1.29 is 49.0 Å². The summed E-state index contributed by atoms with van der Waals surface area (Å²) in [6.07, 6.45) is -11.8. The molecule has 1 heterocycles. The Labute approximate surface area is 119 Å². The Morgan fingerprint density at radius 3 is 1.91 bits per heavy atom. The largest absolute Gasteiger partial charge is 0.460 e. The Morgan fingerprint density at radius 2 is 1.45 bits per heavy atom. The van der Waals surface area contributed by atoms with E-state index in [4.69, 9.17) is 4.74 Å². The summed E-state index contributed by atoms with van der Waals surface area (Å²) in [6, 6.07) is 0. The minimum Gasteiger partial charge on any atom is -0.378 e. The van der Waals surface area contributed by atoms with Crippen LogP contribution in [0.15, 0.2) is 0 Å². The zero-order valence-electron chi connectivity index (χ0n) is 11.0. The van der Waals surface area contributed by atoms with Gasteiger partial charge < -0.3 is 9.47 Å². The number of halogens is 9. The van der Waals surface area contributed by atoms with Crippen molar-refractivity contribution >= 4 is 0 Å². The van der Waals surface area contributed by atoms with Gasteiger partial charge in [-0.05, 0) is 25.7 Å². The van der Waals surface area contributed by atoms with Crippen LogP contribution in [0.4, 0.5) is 39.5 Å². The molecular formula is C11H13F9O2. The minimum atomic E-state index is -6.93. The summed E-state index contributed by atoms with van der Waals surface area (Å²) in [7, 11) is 0. The molecule has 0 bridgehead atoms. The lowest BCUT2D eigenvalue weighted by molar-refractivity contribution is -0.444. The van der Waals surface area contributed by atoms with E-state index in [1.54, 1.807) is 0 Å². The molecule has 2 nitrogen and oxygen atoms in total. The van der Waals surface area contributed by atoms with Gasteiger partial charge in [0.2, 0.25) is 0 Å². The van der Waals surface area contributed by atoms with E-state index in [0.29, 0.717) is 19.4 Å². The molecule has 1 aliphatic rings. The summed E-state index contributed by atoms with van der Waals surface area (Å²) in [4.78, 5) is 0. The highest BCUT2D eigenvalue weighted by Crippen LogP contribution is 2.53. The summed E-state index contributed by atoms with van der Waals surface area (Å²) < 4.78 is 121. The molecule has 22 heavy (non-hydrogen) atoms. The number of hydrogen-bond donors (Lipinski definition) is 0. The molecule has 1 saturated heterocycles. The van der Waals surface area contributed by atoms with Crippen LogP contribution >= 0.6 is 0 Å². The van der Waals surface area contributed by atoms with Gasteiger partial charge in [0.1, 0.15) is 0 Å². The summed E-state index contributed by atoms with van der Waals surface area (Å²) in [5.74, 6) is -13.7. The van der Waals surface area contributed by atoms with Gasteiger partial charge in [-0.3, -0.25) is 0 Å². The molecule has 11 heteroatoms. The van der Waals surface area contributed by atoms with Crippen LogP contribution in [0.1, 0.15) is 25.7 Å².